The molecule has 0 aromatic carbocycles. The normalized spacial score (nSPS) is 31.8. The zero-order valence-electron chi connectivity index (χ0n) is 9.44. The number of ether oxygens (including phenoxy) is 1. The van der Waals surface area contributed by atoms with Gasteiger partial charge in [0.05, 0.1) is 11.9 Å². The van der Waals surface area contributed by atoms with Crippen LogP contribution in [0.1, 0.15) is 19.3 Å². The van der Waals surface area contributed by atoms with Crippen molar-refractivity contribution >= 4 is 10.0 Å². The third-order valence-corrected chi connectivity index (χ3v) is 5.11. The zero-order chi connectivity index (χ0) is 11.4. The molecule has 94 valence electrons. The van der Waals surface area contributed by atoms with E-state index in [1.807, 2.05) is 0 Å². The molecule has 0 amide bonds. The molecule has 0 aromatic heterocycles. The summed E-state index contributed by atoms with van der Waals surface area (Å²) >= 11 is 0. The van der Waals surface area contributed by atoms with Crippen LogP contribution in [-0.4, -0.2) is 46.5 Å². The van der Waals surface area contributed by atoms with Gasteiger partial charge in [0.1, 0.15) is 0 Å². The second-order valence-corrected chi connectivity index (χ2v) is 6.64. The Kier molecular flexibility index (Phi) is 4.18. The Balaban J connectivity index is 1.81. The Labute approximate surface area is 97.0 Å². The molecule has 16 heavy (non-hydrogen) atoms. The lowest BCUT2D eigenvalue weighted by molar-refractivity contribution is 0.0988. The standard InChI is InChI=1S/C10H20N2O3S/c13-16(14,10-2-1-5-15-8-10)12-7-9-3-4-11-6-9/h9-12H,1-8H2. The van der Waals surface area contributed by atoms with Crippen LogP contribution < -0.4 is 10.0 Å². The highest BCUT2D eigenvalue weighted by Gasteiger charge is 2.28. The van der Waals surface area contributed by atoms with Crippen molar-refractivity contribution in [2.75, 3.05) is 32.8 Å². The number of nitrogens with one attached hydrogen (secondary N) is 2. The first kappa shape index (κ1) is 12.3. The zero-order valence-corrected chi connectivity index (χ0v) is 10.3. The Morgan fingerprint density at radius 2 is 2.25 bits per heavy atom. The molecule has 2 heterocycles. The van der Waals surface area contributed by atoms with E-state index >= 15 is 0 Å². The van der Waals surface area contributed by atoms with Crippen molar-refractivity contribution in [2.24, 2.45) is 5.92 Å². The maximum atomic E-state index is 11.9. The lowest BCUT2D eigenvalue weighted by Gasteiger charge is -2.23. The molecular weight excluding hydrogens is 228 g/mol. The molecule has 0 aromatic rings. The van der Waals surface area contributed by atoms with Gasteiger partial charge in [-0.3, -0.25) is 0 Å². The quantitative estimate of drug-likeness (QED) is 0.716. The van der Waals surface area contributed by atoms with Gasteiger partial charge >= 0.3 is 0 Å². The summed E-state index contributed by atoms with van der Waals surface area (Å²) in [6.45, 7) is 3.52. The van der Waals surface area contributed by atoms with Crippen LogP contribution in [0.5, 0.6) is 0 Å². The molecule has 0 saturated carbocycles. The predicted octanol–water partition coefficient (Wildman–Crippen LogP) is -0.306. The molecule has 2 N–H and O–H groups in total. The smallest absolute Gasteiger partial charge is 0.216 e. The van der Waals surface area contributed by atoms with E-state index < -0.39 is 10.0 Å². The summed E-state index contributed by atoms with van der Waals surface area (Å²) in [6.07, 6.45) is 2.62. The maximum absolute atomic E-state index is 11.9. The van der Waals surface area contributed by atoms with Gasteiger partial charge in [0.2, 0.25) is 10.0 Å². The van der Waals surface area contributed by atoms with Crippen LogP contribution in [0.4, 0.5) is 0 Å². The monoisotopic (exact) mass is 248 g/mol. The van der Waals surface area contributed by atoms with Crippen LogP contribution in [0.25, 0.3) is 0 Å². The Bertz CT molecular complexity index is 306. The summed E-state index contributed by atoms with van der Waals surface area (Å²) < 4.78 is 31.8. The number of sulfonamides is 1. The summed E-state index contributed by atoms with van der Waals surface area (Å²) in [5, 5.41) is 2.88. The van der Waals surface area contributed by atoms with E-state index in [-0.39, 0.29) is 5.25 Å². The van der Waals surface area contributed by atoms with Crippen molar-refractivity contribution in [1.29, 1.82) is 0 Å². The molecule has 2 fully saturated rings. The van der Waals surface area contributed by atoms with Crippen molar-refractivity contribution in [3.05, 3.63) is 0 Å². The van der Waals surface area contributed by atoms with Crippen LogP contribution in [0.15, 0.2) is 0 Å². The van der Waals surface area contributed by atoms with E-state index in [0.29, 0.717) is 25.7 Å². The largest absolute Gasteiger partial charge is 0.380 e. The first-order chi connectivity index (χ1) is 7.68. The summed E-state index contributed by atoms with van der Waals surface area (Å²) in [5.74, 6) is 0.444. The van der Waals surface area contributed by atoms with Gasteiger partial charge in [-0.2, -0.15) is 0 Å². The average Bonchev–Trinajstić information content (AvgIpc) is 2.81. The fourth-order valence-corrected chi connectivity index (χ4v) is 3.65. The molecule has 0 aliphatic carbocycles. The molecule has 0 radical (unpaired) electrons. The van der Waals surface area contributed by atoms with Gasteiger partial charge in [-0.1, -0.05) is 0 Å². The number of hydrogen-bond acceptors (Lipinski definition) is 4. The topological polar surface area (TPSA) is 67.4 Å². The summed E-state index contributed by atoms with van der Waals surface area (Å²) in [5.41, 5.74) is 0. The van der Waals surface area contributed by atoms with E-state index in [4.69, 9.17) is 4.74 Å². The van der Waals surface area contributed by atoms with Gasteiger partial charge in [0.25, 0.3) is 0 Å². The van der Waals surface area contributed by atoms with Gasteiger partial charge in [-0.15, -0.1) is 0 Å². The van der Waals surface area contributed by atoms with Gasteiger partial charge in [0, 0.05) is 13.2 Å². The fourth-order valence-electron chi connectivity index (χ4n) is 2.20. The molecule has 5 nitrogen and oxygen atoms in total. The fraction of sp³-hybridized carbons (Fsp3) is 1.00. The SMILES string of the molecule is O=S(=O)(NCC1CCNC1)C1CCCOC1. The minimum atomic E-state index is -3.17. The third kappa shape index (κ3) is 3.16. The van der Waals surface area contributed by atoms with Gasteiger partial charge in [-0.25, -0.2) is 13.1 Å². The first-order valence-corrected chi connectivity index (χ1v) is 7.50. The molecule has 0 spiro atoms. The van der Waals surface area contributed by atoms with Crippen molar-refractivity contribution in [3.8, 4) is 0 Å². The van der Waals surface area contributed by atoms with Gasteiger partial charge < -0.3 is 10.1 Å². The molecule has 2 atom stereocenters. The molecule has 6 heteroatoms. The number of hydrogen-bond donors (Lipinski definition) is 2. The minimum absolute atomic E-state index is 0.345. The first-order valence-electron chi connectivity index (χ1n) is 5.95. The van der Waals surface area contributed by atoms with Crippen LogP contribution in [0.2, 0.25) is 0 Å². The van der Waals surface area contributed by atoms with Crippen molar-refractivity contribution < 1.29 is 13.2 Å². The van der Waals surface area contributed by atoms with Crippen LogP contribution in [-0.2, 0) is 14.8 Å². The molecule has 2 rings (SSSR count). The molecule has 0 bridgehead atoms. The minimum Gasteiger partial charge on any atom is -0.380 e. The lowest BCUT2D eigenvalue weighted by atomic mass is 10.1. The summed E-state index contributed by atoms with van der Waals surface area (Å²) in [7, 11) is -3.17. The van der Waals surface area contributed by atoms with Crippen molar-refractivity contribution in [2.45, 2.75) is 24.5 Å². The highest BCUT2D eigenvalue weighted by atomic mass is 32.2. The molecule has 2 unspecified atom stereocenters. The second-order valence-electron chi connectivity index (χ2n) is 4.59. The second kappa shape index (κ2) is 5.44. The average molecular weight is 248 g/mol. The molecule has 2 saturated heterocycles. The van der Waals surface area contributed by atoms with Crippen LogP contribution in [0, 0.1) is 5.92 Å². The maximum Gasteiger partial charge on any atom is 0.216 e. The summed E-state index contributed by atoms with van der Waals surface area (Å²) in [4.78, 5) is 0. The van der Waals surface area contributed by atoms with E-state index in [1.165, 1.54) is 0 Å². The lowest BCUT2D eigenvalue weighted by Crippen LogP contribution is -2.41. The van der Waals surface area contributed by atoms with E-state index in [1.54, 1.807) is 0 Å². The van der Waals surface area contributed by atoms with Crippen molar-refractivity contribution in [3.63, 3.8) is 0 Å². The van der Waals surface area contributed by atoms with E-state index in [2.05, 4.69) is 10.0 Å². The molecule has 2 aliphatic heterocycles. The third-order valence-electron chi connectivity index (χ3n) is 3.29. The summed E-state index contributed by atoms with van der Waals surface area (Å²) in [6, 6.07) is 0. The molecule has 2 aliphatic rings. The Morgan fingerprint density at radius 3 is 2.88 bits per heavy atom. The van der Waals surface area contributed by atoms with E-state index in [0.717, 1.165) is 32.4 Å². The molecular formula is C10H20N2O3S. The Hall–Kier alpha value is -0.170. The van der Waals surface area contributed by atoms with Crippen molar-refractivity contribution in [1.82, 2.24) is 10.0 Å². The van der Waals surface area contributed by atoms with Crippen LogP contribution >= 0.6 is 0 Å². The van der Waals surface area contributed by atoms with Gasteiger partial charge in [0.15, 0.2) is 0 Å². The van der Waals surface area contributed by atoms with E-state index in [9.17, 15) is 8.42 Å². The van der Waals surface area contributed by atoms with Gasteiger partial charge in [-0.05, 0) is 38.3 Å². The Morgan fingerprint density at radius 1 is 1.38 bits per heavy atom. The highest BCUT2D eigenvalue weighted by Crippen LogP contribution is 2.14. The number of rotatable bonds is 4. The predicted molar refractivity (Wildman–Crippen MR) is 61.7 cm³/mol. The van der Waals surface area contributed by atoms with Crippen LogP contribution in [0.3, 0.4) is 0 Å². The highest BCUT2D eigenvalue weighted by molar-refractivity contribution is 7.90.